The van der Waals surface area contributed by atoms with Crippen molar-refractivity contribution >= 4 is 11.0 Å². The van der Waals surface area contributed by atoms with Crippen LogP contribution in [0.25, 0.3) is 22.3 Å². The van der Waals surface area contributed by atoms with E-state index < -0.39 is 0 Å². The summed E-state index contributed by atoms with van der Waals surface area (Å²) in [5, 5.41) is 12.9. The molecule has 2 heterocycles. The van der Waals surface area contributed by atoms with Crippen molar-refractivity contribution in [2.45, 2.75) is 13.5 Å². The number of fused-ring (bicyclic) bond motifs is 1. The van der Waals surface area contributed by atoms with Crippen molar-refractivity contribution in [1.82, 2.24) is 14.7 Å². The largest absolute Gasteiger partial charge is 0.388 e. The highest BCUT2D eigenvalue weighted by Gasteiger charge is 2.09. The van der Waals surface area contributed by atoms with Crippen LogP contribution in [-0.2, 0) is 13.7 Å². The van der Waals surface area contributed by atoms with Crippen LogP contribution in [0.4, 0.5) is 0 Å². The van der Waals surface area contributed by atoms with Crippen LogP contribution in [0.3, 0.4) is 0 Å². The van der Waals surface area contributed by atoms with Crippen LogP contribution in [0.5, 0.6) is 0 Å². The molecule has 18 heavy (non-hydrogen) atoms. The molecule has 1 N–H and O–H groups in total. The standard InChI is InChI=1S/C13H13N3O2/c1-8-14-12-5-9(3-4-13(12)16(8)2)11-6-10(7-17)18-15-11/h3-6,17H,7H2,1-2H3. The van der Waals surface area contributed by atoms with Gasteiger partial charge in [-0.3, -0.25) is 0 Å². The van der Waals surface area contributed by atoms with Gasteiger partial charge < -0.3 is 14.2 Å². The average Bonchev–Trinajstić information content (AvgIpc) is 2.95. The zero-order valence-electron chi connectivity index (χ0n) is 10.2. The fourth-order valence-corrected chi connectivity index (χ4v) is 2.00. The number of nitrogens with zero attached hydrogens (tertiary/aromatic N) is 3. The molecule has 0 aliphatic rings. The molecule has 3 rings (SSSR count). The molecule has 0 saturated carbocycles. The topological polar surface area (TPSA) is 64.1 Å². The fraction of sp³-hybridized carbons (Fsp3) is 0.231. The number of benzene rings is 1. The Bertz CT molecular complexity index is 712. The molecular weight excluding hydrogens is 230 g/mol. The highest BCUT2D eigenvalue weighted by atomic mass is 16.5. The van der Waals surface area contributed by atoms with E-state index in [1.54, 1.807) is 6.07 Å². The number of hydrogen-bond acceptors (Lipinski definition) is 4. The Balaban J connectivity index is 2.13. The summed E-state index contributed by atoms with van der Waals surface area (Å²) in [6, 6.07) is 7.69. The Hall–Kier alpha value is -2.14. The third kappa shape index (κ3) is 1.60. The first-order valence-electron chi connectivity index (χ1n) is 5.69. The monoisotopic (exact) mass is 243 g/mol. The van der Waals surface area contributed by atoms with E-state index in [9.17, 15) is 0 Å². The SMILES string of the molecule is Cc1nc2cc(-c3cc(CO)on3)ccc2n1C. The number of rotatable bonds is 2. The molecule has 5 heteroatoms. The molecule has 0 radical (unpaired) electrons. The molecule has 0 atom stereocenters. The number of aryl methyl sites for hydroxylation is 2. The van der Waals surface area contributed by atoms with Gasteiger partial charge in [-0.2, -0.15) is 0 Å². The molecule has 92 valence electrons. The third-order valence-corrected chi connectivity index (χ3v) is 3.11. The second-order valence-electron chi connectivity index (χ2n) is 4.26. The molecule has 1 aromatic carbocycles. The first kappa shape index (κ1) is 11.0. The van der Waals surface area contributed by atoms with E-state index >= 15 is 0 Å². The summed E-state index contributed by atoms with van der Waals surface area (Å²) in [5.41, 5.74) is 3.66. The van der Waals surface area contributed by atoms with Crippen LogP contribution in [-0.4, -0.2) is 19.8 Å². The van der Waals surface area contributed by atoms with E-state index in [1.165, 1.54) is 0 Å². The highest BCUT2D eigenvalue weighted by molar-refractivity contribution is 5.81. The second kappa shape index (κ2) is 3.96. The Labute approximate surface area is 104 Å². The van der Waals surface area contributed by atoms with E-state index in [4.69, 9.17) is 9.63 Å². The smallest absolute Gasteiger partial charge is 0.162 e. The molecule has 0 bridgehead atoms. The molecule has 2 aromatic heterocycles. The van der Waals surface area contributed by atoms with Crippen molar-refractivity contribution in [3.05, 3.63) is 35.9 Å². The van der Waals surface area contributed by atoms with Gasteiger partial charge in [-0.05, 0) is 19.1 Å². The van der Waals surface area contributed by atoms with E-state index in [-0.39, 0.29) is 6.61 Å². The Morgan fingerprint density at radius 2 is 2.17 bits per heavy atom. The Morgan fingerprint density at radius 1 is 1.33 bits per heavy atom. The molecule has 3 aromatic rings. The summed E-state index contributed by atoms with van der Waals surface area (Å²) in [7, 11) is 1.99. The minimum atomic E-state index is -0.141. The van der Waals surface area contributed by atoms with Crippen LogP contribution in [0, 0.1) is 6.92 Å². The summed E-state index contributed by atoms with van der Waals surface area (Å²) in [6.45, 7) is 1.83. The van der Waals surface area contributed by atoms with Crippen molar-refractivity contribution in [2.75, 3.05) is 0 Å². The molecule has 0 amide bonds. The first-order valence-corrected chi connectivity index (χ1v) is 5.69. The van der Waals surface area contributed by atoms with Gasteiger partial charge in [-0.1, -0.05) is 11.2 Å². The van der Waals surface area contributed by atoms with Crippen molar-refractivity contribution in [1.29, 1.82) is 0 Å². The molecule has 0 spiro atoms. The molecule has 0 fully saturated rings. The van der Waals surface area contributed by atoms with Crippen molar-refractivity contribution in [3.63, 3.8) is 0 Å². The number of aliphatic hydroxyl groups excluding tert-OH is 1. The van der Waals surface area contributed by atoms with Gasteiger partial charge in [0.25, 0.3) is 0 Å². The maximum Gasteiger partial charge on any atom is 0.162 e. The first-order chi connectivity index (χ1) is 8.69. The van der Waals surface area contributed by atoms with Crippen molar-refractivity contribution in [2.24, 2.45) is 7.05 Å². The lowest BCUT2D eigenvalue weighted by Gasteiger charge is -1.98. The predicted molar refractivity (Wildman–Crippen MR) is 66.9 cm³/mol. The van der Waals surface area contributed by atoms with Crippen LogP contribution < -0.4 is 0 Å². The molecular formula is C13H13N3O2. The maximum absolute atomic E-state index is 8.96. The molecule has 0 unspecified atom stereocenters. The van der Waals surface area contributed by atoms with Gasteiger partial charge in [0.2, 0.25) is 0 Å². The normalized spacial score (nSPS) is 11.3. The predicted octanol–water partition coefficient (Wildman–Crippen LogP) is 2.03. The van der Waals surface area contributed by atoms with Gasteiger partial charge in [0.05, 0.1) is 11.0 Å². The van der Waals surface area contributed by atoms with Gasteiger partial charge in [0, 0.05) is 18.7 Å². The Morgan fingerprint density at radius 3 is 2.89 bits per heavy atom. The molecule has 0 saturated heterocycles. The van der Waals surface area contributed by atoms with Gasteiger partial charge in [-0.25, -0.2) is 4.98 Å². The zero-order chi connectivity index (χ0) is 12.7. The van der Waals surface area contributed by atoms with Gasteiger partial charge in [-0.15, -0.1) is 0 Å². The number of imidazole rings is 1. The van der Waals surface area contributed by atoms with Crippen LogP contribution in [0.2, 0.25) is 0 Å². The maximum atomic E-state index is 8.96. The average molecular weight is 243 g/mol. The molecule has 5 nitrogen and oxygen atoms in total. The lowest BCUT2D eigenvalue weighted by Crippen LogP contribution is -1.89. The van der Waals surface area contributed by atoms with Crippen molar-refractivity contribution < 1.29 is 9.63 Å². The highest BCUT2D eigenvalue weighted by Crippen LogP contribution is 2.24. The number of aliphatic hydroxyl groups is 1. The van der Waals surface area contributed by atoms with Crippen LogP contribution in [0.15, 0.2) is 28.8 Å². The van der Waals surface area contributed by atoms with E-state index in [2.05, 4.69) is 10.1 Å². The molecule has 0 aliphatic heterocycles. The summed E-state index contributed by atoms with van der Waals surface area (Å²) >= 11 is 0. The summed E-state index contributed by atoms with van der Waals surface area (Å²) in [6.07, 6.45) is 0. The van der Waals surface area contributed by atoms with E-state index in [0.29, 0.717) is 11.5 Å². The fourth-order valence-electron chi connectivity index (χ4n) is 2.00. The quantitative estimate of drug-likeness (QED) is 0.748. The van der Waals surface area contributed by atoms with Gasteiger partial charge in [0.1, 0.15) is 18.1 Å². The van der Waals surface area contributed by atoms with Crippen molar-refractivity contribution in [3.8, 4) is 11.3 Å². The minimum absolute atomic E-state index is 0.141. The number of hydrogen-bond donors (Lipinski definition) is 1. The second-order valence-corrected chi connectivity index (χ2v) is 4.26. The molecule has 0 aliphatic carbocycles. The summed E-state index contributed by atoms with van der Waals surface area (Å²) in [5.74, 6) is 1.43. The Kier molecular flexibility index (Phi) is 2.41. The van der Waals surface area contributed by atoms with E-state index in [0.717, 1.165) is 22.4 Å². The lowest BCUT2D eigenvalue weighted by molar-refractivity contribution is 0.229. The minimum Gasteiger partial charge on any atom is -0.388 e. The number of aromatic nitrogens is 3. The van der Waals surface area contributed by atoms with Crippen LogP contribution in [0.1, 0.15) is 11.6 Å². The lowest BCUT2D eigenvalue weighted by atomic mass is 10.1. The summed E-state index contributed by atoms with van der Waals surface area (Å²) in [4.78, 5) is 4.48. The van der Waals surface area contributed by atoms with Gasteiger partial charge in [0.15, 0.2) is 5.76 Å². The summed E-state index contributed by atoms with van der Waals surface area (Å²) < 4.78 is 7.03. The van der Waals surface area contributed by atoms with E-state index in [1.807, 2.05) is 36.7 Å². The third-order valence-electron chi connectivity index (χ3n) is 3.11. The zero-order valence-corrected chi connectivity index (χ0v) is 10.2. The van der Waals surface area contributed by atoms with Crippen LogP contribution >= 0.6 is 0 Å². The van der Waals surface area contributed by atoms with Gasteiger partial charge >= 0.3 is 0 Å².